The minimum absolute atomic E-state index is 0.0439. The molecule has 0 radical (unpaired) electrons. The SMILES string of the molecule is C[C@@H](OC(=O)CSCC(=O)Nc1ccccc1F)C(=O)NC(N)=O. The number of nitrogens with one attached hydrogen (secondary N) is 2. The number of amides is 4. The first kappa shape index (κ1) is 19.4. The second kappa shape index (κ2) is 9.50. The minimum Gasteiger partial charge on any atom is -0.452 e. The topological polar surface area (TPSA) is 128 Å². The molecule has 0 unspecified atom stereocenters. The molecule has 0 saturated heterocycles. The van der Waals surface area contributed by atoms with E-state index in [1.165, 1.54) is 25.1 Å². The van der Waals surface area contributed by atoms with Gasteiger partial charge in [-0.1, -0.05) is 12.1 Å². The van der Waals surface area contributed by atoms with Gasteiger partial charge in [0.15, 0.2) is 6.10 Å². The largest absolute Gasteiger partial charge is 0.452 e. The Balaban J connectivity index is 2.30. The minimum atomic E-state index is -1.20. The van der Waals surface area contributed by atoms with Crippen molar-refractivity contribution >= 4 is 41.3 Å². The van der Waals surface area contributed by atoms with E-state index in [4.69, 9.17) is 10.5 Å². The van der Waals surface area contributed by atoms with E-state index >= 15 is 0 Å². The fraction of sp³-hybridized carbons (Fsp3) is 0.286. The molecule has 10 heteroatoms. The highest BCUT2D eigenvalue weighted by atomic mass is 32.2. The first-order chi connectivity index (χ1) is 11.3. The van der Waals surface area contributed by atoms with E-state index in [0.29, 0.717) is 0 Å². The number of benzene rings is 1. The van der Waals surface area contributed by atoms with E-state index in [1.54, 1.807) is 11.4 Å². The Morgan fingerprint density at radius 2 is 1.92 bits per heavy atom. The summed E-state index contributed by atoms with van der Waals surface area (Å²) < 4.78 is 18.1. The van der Waals surface area contributed by atoms with Gasteiger partial charge in [0.05, 0.1) is 17.2 Å². The van der Waals surface area contributed by atoms with Crippen LogP contribution in [0.4, 0.5) is 14.9 Å². The van der Waals surface area contributed by atoms with Gasteiger partial charge in [-0.25, -0.2) is 9.18 Å². The van der Waals surface area contributed by atoms with Crippen LogP contribution in [0.2, 0.25) is 0 Å². The van der Waals surface area contributed by atoms with Crippen molar-refractivity contribution in [2.75, 3.05) is 16.8 Å². The summed E-state index contributed by atoms with van der Waals surface area (Å²) in [5.74, 6) is -2.95. The molecular formula is C14H16FN3O5S. The summed E-state index contributed by atoms with van der Waals surface area (Å²) >= 11 is 0.930. The molecule has 0 aliphatic carbocycles. The Morgan fingerprint density at radius 3 is 2.54 bits per heavy atom. The van der Waals surface area contributed by atoms with Gasteiger partial charge < -0.3 is 15.8 Å². The molecule has 130 valence electrons. The molecule has 4 amide bonds. The number of para-hydroxylation sites is 1. The first-order valence-electron chi connectivity index (χ1n) is 6.71. The maximum atomic E-state index is 13.3. The van der Waals surface area contributed by atoms with Crippen LogP contribution in [0, 0.1) is 5.82 Å². The first-order valence-corrected chi connectivity index (χ1v) is 7.87. The van der Waals surface area contributed by atoms with Crippen molar-refractivity contribution in [2.24, 2.45) is 5.73 Å². The Hall–Kier alpha value is -2.62. The number of esters is 1. The number of carbonyl (C=O) groups excluding carboxylic acids is 4. The van der Waals surface area contributed by atoms with Gasteiger partial charge in [0, 0.05) is 0 Å². The van der Waals surface area contributed by atoms with Gasteiger partial charge in [-0.2, -0.15) is 0 Å². The fourth-order valence-electron chi connectivity index (χ4n) is 1.48. The van der Waals surface area contributed by atoms with Crippen LogP contribution in [0.1, 0.15) is 6.92 Å². The molecular weight excluding hydrogens is 341 g/mol. The summed E-state index contributed by atoms with van der Waals surface area (Å²) in [6.45, 7) is 1.27. The molecule has 0 aliphatic heterocycles. The van der Waals surface area contributed by atoms with E-state index in [2.05, 4.69) is 5.32 Å². The third kappa shape index (κ3) is 7.09. The van der Waals surface area contributed by atoms with Crippen LogP contribution in [-0.2, 0) is 19.1 Å². The van der Waals surface area contributed by atoms with Crippen LogP contribution < -0.4 is 16.4 Å². The average Bonchev–Trinajstić information content (AvgIpc) is 2.48. The van der Waals surface area contributed by atoms with E-state index in [9.17, 15) is 23.6 Å². The van der Waals surface area contributed by atoms with Gasteiger partial charge in [0.1, 0.15) is 5.82 Å². The smallest absolute Gasteiger partial charge is 0.318 e. The van der Waals surface area contributed by atoms with Crippen molar-refractivity contribution < 1.29 is 28.3 Å². The molecule has 0 bridgehead atoms. The van der Waals surface area contributed by atoms with Crippen molar-refractivity contribution in [1.82, 2.24) is 5.32 Å². The Morgan fingerprint density at radius 1 is 1.25 bits per heavy atom. The normalized spacial score (nSPS) is 11.2. The third-order valence-electron chi connectivity index (χ3n) is 2.52. The number of ether oxygens (including phenoxy) is 1. The number of thioether (sulfide) groups is 1. The van der Waals surface area contributed by atoms with Gasteiger partial charge >= 0.3 is 12.0 Å². The van der Waals surface area contributed by atoms with Gasteiger partial charge in [0.2, 0.25) is 5.91 Å². The lowest BCUT2D eigenvalue weighted by Gasteiger charge is -2.11. The zero-order chi connectivity index (χ0) is 18.1. The highest BCUT2D eigenvalue weighted by Crippen LogP contribution is 2.13. The number of anilines is 1. The molecule has 4 N–H and O–H groups in total. The van der Waals surface area contributed by atoms with Crippen LogP contribution in [-0.4, -0.2) is 41.4 Å². The van der Waals surface area contributed by atoms with E-state index < -0.39 is 35.7 Å². The van der Waals surface area contributed by atoms with Crippen LogP contribution in [0.5, 0.6) is 0 Å². The molecule has 24 heavy (non-hydrogen) atoms. The molecule has 1 aromatic carbocycles. The van der Waals surface area contributed by atoms with E-state index in [0.717, 1.165) is 11.8 Å². The summed E-state index contributed by atoms with van der Waals surface area (Å²) in [5, 5.41) is 4.13. The number of urea groups is 1. The molecule has 0 heterocycles. The number of imide groups is 1. The molecule has 1 atom stereocenters. The Labute approximate surface area is 141 Å². The van der Waals surface area contributed by atoms with Gasteiger partial charge in [-0.15, -0.1) is 11.8 Å². The van der Waals surface area contributed by atoms with Gasteiger partial charge in [-0.05, 0) is 19.1 Å². The lowest BCUT2D eigenvalue weighted by Crippen LogP contribution is -2.42. The second-order valence-electron chi connectivity index (χ2n) is 4.51. The van der Waals surface area contributed by atoms with Crippen molar-refractivity contribution in [2.45, 2.75) is 13.0 Å². The summed E-state index contributed by atoms with van der Waals surface area (Å²) in [6, 6.07) is 4.62. The monoisotopic (exact) mass is 357 g/mol. The van der Waals surface area contributed by atoms with Crippen molar-refractivity contribution in [3.05, 3.63) is 30.1 Å². The second-order valence-corrected chi connectivity index (χ2v) is 5.49. The summed E-state index contributed by atoms with van der Waals surface area (Å²) in [7, 11) is 0. The predicted molar refractivity (Wildman–Crippen MR) is 85.6 cm³/mol. The number of nitrogens with two attached hydrogens (primary N) is 1. The van der Waals surface area contributed by atoms with Crippen LogP contribution in [0.3, 0.4) is 0 Å². The van der Waals surface area contributed by atoms with Crippen molar-refractivity contribution in [3.8, 4) is 0 Å². The van der Waals surface area contributed by atoms with Crippen LogP contribution in [0.25, 0.3) is 0 Å². The van der Waals surface area contributed by atoms with Crippen LogP contribution >= 0.6 is 11.8 Å². The maximum absolute atomic E-state index is 13.3. The van der Waals surface area contributed by atoms with E-state index in [1.807, 2.05) is 0 Å². The molecule has 0 spiro atoms. The number of hydrogen-bond acceptors (Lipinski definition) is 6. The Bertz CT molecular complexity index is 641. The summed E-state index contributed by atoms with van der Waals surface area (Å²) in [4.78, 5) is 44.9. The van der Waals surface area contributed by atoms with Crippen LogP contribution in [0.15, 0.2) is 24.3 Å². The molecule has 1 aromatic rings. The molecule has 8 nitrogen and oxygen atoms in total. The van der Waals surface area contributed by atoms with Gasteiger partial charge in [0.25, 0.3) is 5.91 Å². The zero-order valence-corrected chi connectivity index (χ0v) is 13.5. The standard InChI is InChI=1S/C14H16FN3O5S/c1-8(13(21)18-14(16)22)23-12(20)7-24-6-11(19)17-10-5-3-2-4-9(10)15/h2-5,8H,6-7H2,1H3,(H,17,19)(H3,16,18,21,22)/t8-/m1/s1. The molecule has 0 aliphatic rings. The zero-order valence-electron chi connectivity index (χ0n) is 12.7. The molecule has 1 rings (SSSR count). The number of carbonyl (C=O) groups is 4. The lowest BCUT2D eigenvalue weighted by atomic mass is 10.3. The maximum Gasteiger partial charge on any atom is 0.318 e. The fourth-order valence-corrected chi connectivity index (χ4v) is 2.08. The number of halogens is 1. The highest BCUT2D eigenvalue weighted by molar-refractivity contribution is 8.00. The quantitative estimate of drug-likeness (QED) is 0.614. The highest BCUT2D eigenvalue weighted by Gasteiger charge is 2.19. The number of hydrogen-bond donors (Lipinski definition) is 3. The average molecular weight is 357 g/mol. The molecule has 0 fully saturated rings. The van der Waals surface area contributed by atoms with Gasteiger partial charge in [-0.3, -0.25) is 19.7 Å². The number of rotatable bonds is 7. The number of primary amides is 1. The Kier molecular flexibility index (Phi) is 7.69. The van der Waals surface area contributed by atoms with Crippen molar-refractivity contribution in [3.63, 3.8) is 0 Å². The van der Waals surface area contributed by atoms with Crippen molar-refractivity contribution in [1.29, 1.82) is 0 Å². The summed E-state index contributed by atoms with van der Waals surface area (Å²) in [5.41, 5.74) is 4.81. The molecule has 0 aromatic heterocycles. The summed E-state index contributed by atoms with van der Waals surface area (Å²) in [6.07, 6.45) is -1.20. The third-order valence-corrected chi connectivity index (χ3v) is 3.43. The lowest BCUT2D eigenvalue weighted by molar-refractivity contribution is -0.151. The molecule has 0 saturated carbocycles. The van der Waals surface area contributed by atoms with E-state index in [-0.39, 0.29) is 17.2 Å². The predicted octanol–water partition coefficient (Wildman–Crippen LogP) is 0.624.